The minimum absolute atomic E-state index is 0.200. The summed E-state index contributed by atoms with van der Waals surface area (Å²) in [6.07, 6.45) is 3.01. The van der Waals surface area contributed by atoms with Crippen LogP contribution in [0.5, 0.6) is 0 Å². The van der Waals surface area contributed by atoms with Crippen molar-refractivity contribution in [2.75, 3.05) is 12.3 Å². The van der Waals surface area contributed by atoms with E-state index in [1.54, 1.807) is 6.92 Å². The number of aliphatic hydroxyl groups is 1. The maximum Gasteiger partial charge on any atom is 0.360 e. The normalized spacial score (nSPS) is 23.3. The number of nitrogens with zero attached hydrogens (tertiary/aromatic N) is 2. The van der Waals surface area contributed by atoms with E-state index in [2.05, 4.69) is 4.98 Å². The number of rotatable bonds is 3. The molecule has 0 spiro atoms. The average Bonchev–Trinajstić information content (AvgIpc) is 2.67. The van der Waals surface area contributed by atoms with E-state index in [0.717, 1.165) is 31.5 Å². The van der Waals surface area contributed by atoms with Crippen molar-refractivity contribution >= 4 is 11.8 Å². The predicted molar refractivity (Wildman–Crippen MR) is 70.8 cm³/mol. The highest BCUT2D eigenvalue weighted by molar-refractivity contribution is 5.92. The Morgan fingerprint density at radius 3 is 2.68 bits per heavy atom. The lowest BCUT2D eigenvalue weighted by molar-refractivity contribution is 0.0521. The number of esters is 1. The molecule has 19 heavy (non-hydrogen) atoms. The number of aryl methyl sites for hydroxylation is 1. The van der Waals surface area contributed by atoms with Gasteiger partial charge in [0.05, 0.1) is 12.7 Å². The summed E-state index contributed by atoms with van der Waals surface area (Å²) >= 11 is 0. The van der Waals surface area contributed by atoms with E-state index in [-0.39, 0.29) is 17.8 Å². The largest absolute Gasteiger partial charge is 0.461 e. The number of ether oxygens (including phenoxy) is 1. The first-order valence-corrected chi connectivity index (χ1v) is 6.74. The second kappa shape index (κ2) is 5.61. The lowest BCUT2D eigenvalue weighted by Crippen LogP contribution is -2.23. The van der Waals surface area contributed by atoms with Crippen LogP contribution in [0.15, 0.2) is 0 Å². The number of carbonyl (C=O) groups excluding carboxylic acids is 1. The highest BCUT2D eigenvalue weighted by Gasteiger charge is 2.27. The van der Waals surface area contributed by atoms with Crippen molar-refractivity contribution in [3.63, 3.8) is 0 Å². The SMILES string of the molecule is CCOC(=O)c1nc(C)n(C2CCC(O)CC2)c1N. The number of imidazole rings is 1. The maximum absolute atomic E-state index is 11.7. The van der Waals surface area contributed by atoms with Gasteiger partial charge in [0, 0.05) is 6.04 Å². The zero-order valence-electron chi connectivity index (χ0n) is 11.4. The Balaban J connectivity index is 2.24. The summed E-state index contributed by atoms with van der Waals surface area (Å²) in [7, 11) is 0. The van der Waals surface area contributed by atoms with Gasteiger partial charge in [0.25, 0.3) is 0 Å². The molecule has 1 aliphatic rings. The Morgan fingerprint density at radius 2 is 2.11 bits per heavy atom. The fourth-order valence-corrected chi connectivity index (χ4v) is 2.69. The number of hydrogen-bond acceptors (Lipinski definition) is 5. The fourth-order valence-electron chi connectivity index (χ4n) is 2.69. The summed E-state index contributed by atoms with van der Waals surface area (Å²) in [6.45, 7) is 3.89. The summed E-state index contributed by atoms with van der Waals surface area (Å²) in [6, 6.07) is 0.207. The molecule has 0 saturated heterocycles. The molecule has 1 aliphatic carbocycles. The van der Waals surface area contributed by atoms with Crippen molar-refractivity contribution in [3.8, 4) is 0 Å². The van der Waals surface area contributed by atoms with Gasteiger partial charge >= 0.3 is 5.97 Å². The average molecular weight is 267 g/mol. The standard InChI is InChI=1S/C13H21N3O3/c1-3-19-13(18)11-12(14)16(8(2)15-11)9-4-6-10(17)7-5-9/h9-10,17H,3-7,14H2,1-2H3. The first-order chi connectivity index (χ1) is 9.04. The molecule has 1 saturated carbocycles. The smallest absolute Gasteiger partial charge is 0.360 e. The van der Waals surface area contributed by atoms with Crippen molar-refractivity contribution in [1.29, 1.82) is 0 Å². The van der Waals surface area contributed by atoms with Crippen LogP contribution in [-0.2, 0) is 4.74 Å². The first kappa shape index (κ1) is 13.9. The number of nitrogen functional groups attached to an aromatic ring is 1. The second-order valence-electron chi connectivity index (χ2n) is 4.95. The van der Waals surface area contributed by atoms with E-state index in [0.29, 0.717) is 12.4 Å². The third kappa shape index (κ3) is 2.73. The molecule has 0 unspecified atom stereocenters. The van der Waals surface area contributed by atoms with Gasteiger partial charge in [0.2, 0.25) is 0 Å². The molecule has 106 valence electrons. The van der Waals surface area contributed by atoms with Gasteiger partial charge in [-0.2, -0.15) is 0 Å². The molecule has 1 fully saturated rings. The highest BCUT2D eigenvalue weighted by atomic mass is 16.5. The molecule has 0 radical (unpaired) electrons. The molecule has 0 atom stereocenters. The maximum atomic E-state index is 11.7. The van der Waals surface area contributed by atoms with E-state index in [1.807, 2.05) is 11.5 Å². The number of nitrogens with two attached hydrogens (primary N) is 1. The molecule has 3 N–H and O–H groups in total. The van der Waals surface area contributed by atoms with E-state index >= 15 is 0 Å². The molecule has 0 aromatic carbocycles. The van der Waals surface area contributed by atoms with Gasteiger partial charge in [-0.15, -0.1) is 0 Å². The van der Waals surface area contributed by atoms with Gasteiger partial charge in [-0.05, 0) is 39.5 Å². The summed E-state index contributed by atoms with van der Waals surface area (Å²) in [5, 5.41) is 9.55. The van der Waals surface area contributed by atoms with Crippen LogP contribution in [0.25, 0.3) is 0 Å². The van der Waals surface area contributed by atoms with Crippen molar-refractivity contribution in [2.24, 2.45) is 0 Å². The van der Waals surface area contributed by atoms with Crippen LogP contribution in [-0.4, -0.2) is 33.3 Å². The zero-order chi connectivity index (χ0) is 14.0. The summed E-state index contributed by atoms with van der Waals surface area (Å²) in [5.74, 6) is 0.622. The van der Waals surface area contributed by atoms with Crippen LogP contribution >= 0.6 is 0 Å². The van der Waals surface area contributed by atoms with Crippen LogP contribution in [0, 0.1) is 6.92 Å². The van der Waals surface area contributed by atoms with Gasteiger partial charge < -0.3 is 20.1 Å². The van der Waals surface area contributed by atoms with Crippen molar-refractivity contribution in [1.82, 2.24) is 9.55 Å². The van der Waals surface area contributed by atoms with Crippen molar-refractivity contribution in [3.05, 3.63) is 11.5 Å². The van der Waals surface area contributed by atoms with Crippen LogP contribution in [0.2, 0.25) is 0 Å². The third-order valence-electron chi connectivity index (χ3n) is 3.62. The minimum atomic E-state index is -0.474. The molecule has 6 heteroatoms. The van der Waals surface area contributed by atoms with Crippen molar-refractivity contribution < 1.29 is 14.6 Å². The van der Waals surface area contributed by atoms with Crippen LogP contribution in [0.4, 0.5) is 5.82 Å². The van der Waals surface area contributed by atoms with Gasteiger partial charge in [-0.1, -0.05) is 0 Å². The molecule has 0 bridgehead atoms. The topological polar surface area (TPSA) is 90.4 Å². The molecule has 6 nitrogen and oxygen atoms in total. The van der Waals surface area contributed by atoms with Crippen molar-refractivity contribution in [2.45, 2.75) is 51.7 Å². The van der Waals surface area contributed by atoms with E-state index in [9.17, 15) is 9.90 Å². The van der Waals surface area contributed by atoms with Crippen LogP contribution in [0.3, 0.4) is 0 Å². The highest BCUT2D eigenvalue weighted by Crippen LogP contribution is 2.32. The monoisotopic (exact) mass is 267 g/mol. The molecule has 0 aliphatic heterocycles. The Labute approximate surface area is 112 Å². The number of hydrogen-bond donors (Lipinski definition) is 2. The van der Waals surface area contributed by atoms with E-state index in [1.165, 1.54) is 0 Å². The number of carbonyl (C=O) groups is 1. The lowest BCUT2D eigenvalue weighted by atomic mass is 9.93. The minimum Gasteiger partial charge on any atom is -0.461 e. The Hall–Kier alpha value is -1.56. The fraction of sp³-hybridized carbons (Fsp3) is 0.692. The number of aliphatic hydroxyl groups excluding tert-OH is 1. The van der Waals surface area contributed by atoms with Gasteiger partial charge in [-0.3, -0.25) is 0 Å². The van der Waals surface area contributed by atoms with E-state index in [4.69, 9.17) is 10.5 Å². The summed E-state index contributed by atoms with van der Waals surface area (Å²) in [4.78, 5) is 16.0. The van der Waals surface area contributed by atoms with Crippen LogP contribution in [0.1, 0.15) is 55.0 Å². The molecular formula is C13H21N3O3. The Kier molecular flexibility index (Phi) is 4.09. The molecule has 1 aromatic rings. The first-order valence-electron chi connectivity index (χ1n) is 6.74. The van der Waals surface area contributed by atoms with Gasteiger partial charge in [0.1, 0.15) is 11.6 Å². The third-order valence-corrected chi connectivity index (χ3v) is 3.62. The molecule has 0 amide bonds. The summed E-state index contributed by atoms with van der Waals surface area (Å²) in [5.41, 5.74) is 6.24. The van der Waals surface area contributed by atoms with E-state index < -0.39 is 5.97 Å². The zero-order valence-corrected chi connectivity index (χ0v) is 11.4. The van der Waals surface area contributed by atoms with Gasteiger partial charge in [0.15, 0.2) is 5.69 Å². The molecule has 2 rings (SSSR count). The van der Waals surface area contributed by atoms with Crippen LogP contribution < -0.4 is 5.73 Å². The summed E-state index contributed by atoms with van der Waals surface area (Å²) < 4.78 is 6.85. The molecular weight excluding hydrogens is 246 g/mol. The molecule has 1 heterocycles. The van der Waals surface area contributed by atoms with Gasteiger partial charge in [-0.25, -0.2) is 9.78 Å². The number of aromatic nitrogens is 2. The quantitative estimate of drug-likeness (QED) is 0.808. The number of anilines is 1. The second-order valence-corrected chi connectivity index (χ2v) is 4.95. The lowest BCUT2D eigenvalue weighted by Gasteiger charge is -2.28. The molecule has 1 aromatic heterocycles. The Bertz CT molecular complexity index is 462. The predicted octanol–water partition coefficient (Wildman–Crippen LogP) is 1.43. The Morgan fingerprint density at radius 1 is 1.47 bits per heavy atom.